The van der Waals surface area contributed by atoms with Crippen LogP contribution in [0.15, 0.2) is 48.5 Å². The van der Waals surface area contributed by atoms with Gasteiger partial charge in [0.1, 0.15) is 5.82 Å². The molecule has 1 nitrogen and oxygen atoms in total. The number of aryl methyl sites for hydroxylation is 1. The summed E-state index contributed by atoms with van der Waals surface area (Å²) in [5, 5.41) is 3.21. The molecular formula is C15H16FN. The van der Waals surface area contributed by atoms with Crippen LogP contribution in [0.5, 0.6) is 0 Å². The Labute approximate surface area is 101 Å². The molecule has 1 unspecified atom stereocenters. The predicted molar refractivity (Wildman–Crippen MR) is 68.5 cm³/mol. The molecule has 0 saturated heterocycles. The first-order valence-corrected chi connectivity index (χ1v) is 5.70. The molecule has 0 aromatic heterocycles. The Morgan fingerprint density at radius 2 is 1.71 bits per heavy atom. The van der Waals surface area contributed by atoms with Crippen molar-refractivity contribution in [3.05, 3.63) is 71.0 Å². The van der Waals surface area contributed by atoms with E-state index in [-0.39, 0.29) is 11.9 Å². The SMILES string of the molecule is CNC(c1ccccc1)c1ccc(C)c(F)c1. The normalized spacial score (nSPS) is 12.4. The Bertz CT molecular complexity index is 494. The molecule has 0 heterocycles. The lowest BCUT2D eigenvalue weighted by Crippen LogP contribution is -2.17. The van der Waals surface area contributed by atoms with Crippen molar-refractivity contribution in [2.24, 2.45) is 0 Å². The van der Waals surface area contributed by atoms with Gasteiger partial charge in [0.05, 0.1) is 6.04 Å². The number of benzene rings is 2. The second-order valence-electron chi connectivity index (χ2n) is 4.14. The molecule has 88 valence electrons. The van der Waals surface area contributed by atoms with Gasteiger partial charge in [0.2, 0.25) is 0 Å². The Morgan fingerprint density at radius 1 is 1.00 bits per heavy atom. The van der Waals surface area contributed by atoms with E-state index in [1.54, 1.807) is 13.0 Å². The summed E-state index contributed by atoms with van der Waals surface area (Å²) in [6, 6.07) is 15.5. The van der Waals surface area contributed by atoms with Crippen molar-refractivity contribution >= 4 is 0 Å². The second-order valence-corrected chi connectivity index (χ2v) is 4.14. The van der Waals surface area contributed by atoms with Crippen LogP contribution in [0.25, 0.3) is 0 Å². The van der Waals surface area contributed by atoms with E-state index in [0.29, 0.717) is 5.56 Å². The molecule has 2 rings (SSSR count). The van der Waals surface area contributed by atoms with Crippen molar-refractivity contribution < 1.29 is 4.39 Å². The van der Waals surface area contributed by atoms with Crippen LogP contribution < -0.4 is 5.32 Å². The molecule has 2 heteroatoms. The van der Waals surface area contributed by atoms with E-state index >= 15 is 0 Å². The number of hydrogen-bond donors (Lipinski definition) is 1. The third-order valence-corrected chi connectivity index (χ3v) is 2.95. The zero-order valence-electron chi connectivity index (χ0n) is 10.1. The smallest absolute Gasteiger partial charge is 0.126 e. The molecule has 1 N–H and O–H groups in total. The summed E-state index contributed by atoms with van der Waals surface area (Å²) in [5.74, 6) is -0.154. The summed E-state index contributed by atoms with van der Waals surface area (Å²) in [6.07, 6.45) is 0. The summed E-state index contributed by atoms with van der Waals surface area (Å²) < 4.78 is 13.6. The molecule has 0 amide bonds. The number of halogens is 1. The molecule has 17 heavy (non-hydrogen) atoms. The highest BCUT2D eigenvalue weighted by molar-refractivity contribution is 5.33. The summed E-state index contributed by atoms with van der Waals surface area (Å²) in [6.45, 7) is 1.77. The van der Waals surface area contributed by atoms with E-state index in [4.69, 9.17) is 0 Å². The van der Waals surface area contributed by atoms with E-state index in [1.807, 2.05) is 49.5 Å². The van der Waals surface area contributed by atoms with Crippen molar-refractivity contribution in [2.45, 2.75) is 13.0 Å². The molecular weight excluding hydrogens is 213 g/mol. The maximum atomic E-state index is 13.6. The highest BCUT2D eigenvalue weighted by Gasteiger charge is 2.12. The fourth-order valence-corrected chi connectivity index (χ4v) is 1.96. The maximum Gasteiger partial charge on any atom is 0.126 e. The monoisotopic (exact) mass is 229 g/mol. The van der Waals surface area contributed by atoms with Gasteiger partial charge in [-0.2, -0.15) is 0 Å². The van der Waals surface area contributed by atoms with Gasteiger partial charge in [0, 0.05) is 0 Å². The van der Waals surface area contributed by atoms with E-state index < -0.39 is 0 Å². The van der Waals surface area contributed by atoms with Crippen LogP contribution in [0.4, 0.5) is 4.39 Å². The first-order chi connectivity index (χ1) is 8.22. The van der Waals surface area contributed by atoms with Gasteiger partial charge < -0.3 is 5.32 Å². The Kier molecular flexibility index (Phi) is 3.55. The first-order valence-electron chi connectivity index (χ1n) is 5.70. The van der Waals surface area contributed by atoms with Crippen molar-refractivity contribution in [2.75, 3.05) is 7.05 Å². The highest BCUT2D eigenvalue weighted by Crippen LogP contribution is 2.23. The Balaban J connectivity index is 2.39. The van der Waals surface area contributed by atoms with Crippen LogP contribution in [0.1, 0.15) is 22.7 Å². The molecule has 0 bridgehead atoms. The standard InChI is InChI=1S/C15H16FN/c1-11-8-9-13(10-14(11)16)15(17-2)12-6-4-3-5-7-12/h3-10,15,17H,1-2H3. The van der Waals surface area contributed by atoms with Gasteiger partial charge in [-0.1, -0.05) is 42.5 Å². The fraction of sp³-hybridized carbons (Fsp3) is 0.200. The lowest BCUT2D eigenvalue weighted by Gasteiger charge is -2.17. The predicted octanol–water partition coefficient (Wildman–Crippen LogP) is 3.44. The summed E-state index contributed by atoms with van der Waals surface area (Å²) >= 11 is 0. The maximum absolute atomic E-state index is 13.6. The molecule has 0 aliphatic rings. The van der Waals surface area contributed by atoms with Crippen molar-refractivity contribution in [3.63, 3.8) is 0 Å². The largest absolute Gasteiger partial charge is 0.309 e. The zero-order chi connectivity index (χ0) is 12.3. The Morgan fingerprint density at radius 3 is 2.29 bits per heavy atom. The second kappa shape index (κ2) is 5.11. The van der Waals surface area contributed by atoms with Crippen LogP contribution in [-0.2, 0) is 0 Å². The van der Waals surface area contributed by atoms with Gasteiger partial charge in [0.25, 0.3) is 0 Å². The van der Waals surface area contributed by atoms with Gasteiger partial charge in [-0.25, -0.2) is 4.39 Å². The van der Waals surface area contributed by atoms with Crippen LogP contribution in [-0.4, -0.2) is 7.05 Å². The van der Waals surface area contributed by atoms with Gasteiger partial charge in [-0.15, -0.1) is 0 Å². The van der Waals surface area contributed by atoms with Gasteiger partial charge in [0.15, 0.2) is 0 Å². The van der Waals surface area contributed by atoms with Crippen molar-refractivity contribution in [1.82, 2.24) is 5.32 Å². The summed E-state index contributed by atoms with van der Waals surface area (Å²) in [5.41, 5.74) is 2.76. The third-order valence-electron chi connectivity index (χ3n) is 2.95. The summed E-state index contributed by atoms with van der Waals surface area (Å²) in [4.78, 5) is 0. The van der Waals surface area contributed by atoms with E-state index in [9.17, 15) is 4.39 Å². The molecule has 2 aromatic rings. The van der Waals surface area contributed by atoms with Crippen LogP contribution >= 0.6 is 0 Å². The molecule has 0 saturated carbocycles. The zero-order valence-corrected chi connectivity index (χ0v) is 10.1. The van der Waals surface area contributed by atoms with Crippen LogP contribution in [0.3, 0.4) is 0 Å². The minimum atomic E-state index is -0.154. The molecule has 0 radical (unpaired) electrons. The average Bonchev–Trinajstić information content (AvgIpc) is 2.36. The van der Waals surface area contributed by atoms with E-state index in [0.717, 1.165) is 11.1 Å². The van der Waals surface area contributed by atoms with Gasteiger partial charge in [-0.3, -0.25) is 0 Å². The van der Waals surface area contributed by atoms with Crippen molar-refractivity contribution in [1.29, 1.82) is 0 Å². The number of nitrogens with one attached hydrogen (secondary N) is 1. The van der Waals surface area contributed by atoms with Crippen LogP contribution in [0, 0.1) is 12.7 Å². The van der Waals surface area contributed by atoms with Gasteiger partial charge in [-0.05, 0) is 36.7 Å². The topological polar surface area (TPSA) is 12.0 Å². The van der Waals surface area contributed by atoms with Crippen molar-refractivity contribution in [3.8, 4) is 0 Å². The Hall–Kier alpha value is -1.67. The fourth-order valence-electron chi connectivity index (χ4n) is 1.96. The molecule has 0 spiro atoms. The van der Waals surface area contributed by atoms with Gasteiger partial charge >= 0.3 is 0 Å². The molecule has 0 fully saturated rings. The molecule has 0 aliphatic heterocycles. The lowest BCUT2D eigenvalue weighted by molar-refractivity contribution is 0.608. The lowest BCUT2D eigenvalue weighted by atomic mass is 9.98. The minimum absolute atomic E-state index is 0.0336. The molecule has 1 atom stereocenters. The quantitative estimate of drug-likeness (QED) is 0.850. The summed E-state index contributed by atoms with van der Waals surface area (Å²) in [7, 11) is 1.88. The number of rotatable bonds is 3. The highest BCUT2D eigenvalue weighted by atomic mass is 19.1. The number of hydrogen-bond acceptors (Lipinski definition) is 1. The first kappa shape index (κ1) is 11.8. The molecule has 2 aromatic carbocycles. The van der Waals surface area contributed by atoms with E-state index in [1.165, 1.54) is 0 Å². The molecule has 0 aliphatic carbocycles. The van der Waals surface area contributed by atoms with E-state index in [2.05, 4.69) is 5.32 Å². The van der Waals surface area contributed by atoms with Crippen LogP contribution in [0.2, 0.25) is 0 Å². The third kappa shape index (κ3) is 2.53. The minimum Gasteiger partial charge on any atom is -0.309 e. The average molecular weight is 229 g/mol.